The molecule has 3 aromatic rings. The Balaban J connectivity index is 1.75. The number of hydrogen-bond acceptors (Lipinski definition) is 7. The highest BCUT2D eigenvalue weighted by Crippen LogP contribution is 2.41. The molecule has 0 bridgehead atoms. The SMILES string of the molecule is COCC1CCc2c(sc3ncnc(Nc4cc(C=N)c(N)cc4Cl)c23)C1. The van der Waals surface area contributed by atoms with E-state index in [0.717, 1.165) is 41.9 Å². The van der Waals surface area contributed by atoms with Crippen molar-refractivity contribution < 1.29 is 4.74 Å². The molecule has 4 rings (SSSR count). The van der Waals surface area contributed by atoms with Crippen molar-refractivity contribution in [1.29, 1.82) is 5.41 Å². The fourth-order valence-corrected chi connectivity index (χ4v) is 5.13. The first-order chi connectivity index (χ1) is 13.1. The van der Waals surface area contributed by atoms with Crippen LogP contribution in [-0.2, 0) is 17.6 Å². The summed E-state index contributed by atoms with van der Waals surface area (Å²) in [6, 6.07) is 3.42. The van der Waals surface area contributed by atoms with Gasteiger partial charge >= 0.3 is 0 Å². The first-order valence-electron chi connectivity index (χ1n) is 8.71. The van der Waals surface area contributed by atoms with Crippen molar-refractivity contribution in [3.8, 4) is 0 Å². The van der Waals surface area contributed by atoms with Crippen LogP contribution in [0, 0.1) is 11.3 Å². The van der Waals surface area contributed by atoms with Gasteiger partial charge in [-0.3, -0.25) is 0 Å². The number of thiophene rings is 1. The van der Waals surface area contributed by atoms with Crippen LogP contribution in [0.4, 0.5) is 17.2 Å². The zero-order valence-electron chi connectivity index (χ0n) is 14.9. The topological polar surface area (TPSA) is 96.9 Å². The Morgan fingerprint density at radius 2 is 2.30 bits per heavy atom. The van der Waals surface area contributed by atoms with Crippen LogP contribution in [0.2, 0.25) is 5.02 Å². The minimum absolute atomic E-state index is 0.477. The molecule has 0 aliphatic heterocycles. The molecular weight excluding hydrogens is 382 g/mol. The van der Waals surface area contributed by atoms with Crippen molar-refractivity contribution in [2.45, 2.75) is 19.3 Å². The predicted molar refractivity (Wildman–Crippen MR) is 112 cm³/mol. The summed E-state index contributed by atoms with van der Waals surface area (Å²) in [6.07, 6.45) is 5.90. The molecule has 0 saturated carbocycles. The fraction of sp³-hybridized carbons (Fsp3) is 0.316. The molecule has 0 amide bonds. The molecule has 0 saturated heterocycles. The van der Waals surface area contributed by atoms with Crippen LogP contribution < -0.4 is 11.1 Å². The Bertz CT molecular complexity index is 1020. The summed E-state index contributed by atoms with van der Waals surface area (Å²) in [5.74, 6) is 1.30. The average molecular weight is 402 g/mol. The van der Waals surface area contributed by atoms with Crippen LogP contribution in [0.1, 0.15) is 22.4 Å². The van der Waals surface area contributed by atoms with E-state index in [0.29, 0.717) is 27.9 Å². The summed E-state index contributed by atoms with van der Waals surface area (Å²) in [6.45, 7) is 0.790. The third-order valence-electron chi connectivity index (χ3n) is 4.93. The van der Waals surface area contributed by atoms with E-state index < -0.39 is 0 Å². The molecule has 27 heavy (non-hydrogen) atoms. The number of benzene rings is 1. The summed E-state index contributed by atoms with van der Waals surface area (Å²) in [5.41, 5.74) is 8.99. The van der Waals surface area contributed by atoms with E-state index in [1.807, 2.05) is 0 Å². The number of anilines is 3. The fourth-order valence-electron chi connectivity index (χ4n) is 3.61. The summed E-state index contributed by atoms with van der Waals surface area (Å²) >= 11 is 8.09. The number of fused-ring (bicyclic) bond motifs is 3. The first-order valence-corrected chi connectivity index (χ1v) is 9.90. The molecule has 2 aromatic heterocycles. The van der Waals surface area contributed by atoms with Crippen LogP contribution in [0.15, 0.2) is 18.5 Å². The van der Waals surface area contributed by atoms with E-state index in [1.54, 1.807) is 36.9 Å². The van der Waals surface area contributed by atoms with Gasteiger partial charge in [-0.05, 0) is 42.9 Å². The number of hydrogen-bond donors (Lipinski definition) is 3. The molecule has 8 heteroatoms. The molecule has 1 unspecified atom stereocenters. The number of ether oxygens (including phenoxy) is 1. The van der Waals surface area contributed by atoms with Crippen molar-refractivity contribution in [2.75, 3.05) is 24.8 Å². The van der Waals surface area contributed by atoms with Crippen LogP contribution in [0.25, 0.3) is 10.2 Å². The van der Waals surface area contributed by atoms with Crippen molar-refractivity contribution >= 4 is 56.6 Å². The maximum absolute atomic E-state index is 7.51. The number of halogens is 1. The van der Waals surface area contributed by atoms with Gasteiger partial charge in [0.15, 0.2) is 0 Å². The number of methoxy groups -OCH3 is 1. The van der Waals surface area contributed by atoms with E-state index in [-0.39, 0.29) is 0 Å². The third-order valence-corrected chi connectivity index (χ3v) is 6.41. The Morgan fingerprint density at radius 3 is 3.07 bits per heavy atom. The molecule has 1 atom stereocenters. The Kier molecular flexibility index (Phi) is 4.99. The van der Waals surface area contributed by atoms with E-state index in [4.69, 9.17) is 27.5 Å². The standard InChI is InChI=1S/C19H20ClN5OS/c1-26-8-10-2-3-12-16(4-10)27-19-17(12)18(23-9-24-19)25-15-5-11(7-21)14(22)6-13(15)20/h5-7,9-10,21H,2-4,8,22H2,1H3,(H,23,24,25). The molecule has 0 radical (unpaired) electrons. The highest BCUT2D eigenvalue weighted by molar-refractivity contribution is 7.19. The minimum Gasteiger partial charge on any atom is -0.398 e. The minimum atomic E-state index is 0.477. The number of rotatable bonds is 5. The Hall–Kier alpha value is -2.22. The van der Waals surface area contributed by atoms with Gasteiger partial charge in [-0.1, -0.05) is 11.6 Å². The van der Waals surface area contributed by atoms with Gasteiger partial charge < -0.3 is 21.2 Å². The van der Waals surface area contributed by atoms with Gasteiger partial charge in [0.05, 0.1) is 16.1 Å². The monoisotopic (exact) mass is 401 g/mol. The van der Waals surface area contributed by atoms with Crippen molar-refractivity contribution in [2.24, 2.45) is 5.92 Å². The molecular formula is C19H20ClN5OS. The lowest BCUT2D eigenvalue weighted by molar-refractivity contribution is 0.145. The number of nitrogen functional groups attached to an aromatic ring is 1. The zero-order chi connectivity index (χ0) is 19.0. The number of aryl methyl sites for hydroxylation is 1. The zero-order valence-corrected chi connectivity index (χ0v) is 16.5. The molecule has 1 aromatic carbocycles. The van der Waals surface area contributed by atoms with Gasteiger partial charge in [-0.25, -0.2) is 9.97 Å². The highest BCUT2D eigenvalue weighted by atomic mass is 35.5. The molecule has 1 aliphatic rings. The number of nitrogens with zero attached hydrogens (tertiary/aromatic N) is 2. The largest absolute Gasteiger partial charge is 0.398 e. The normalized spacial score (nSPS) is 16.3. The van der Waals surface area contributed by atoms with Crippen molar-refractivity contribution in [3.05, 3.63) is 39.5 Å². The van der Waals surface area contributed by atoms with Gasteiger partial charge in [0.1, 0.15) is 17.0 Å². The van der Waals surface area contributed by atoms with Gasteiger partial charge in [-0.2, -0.15) is 0 Å². The number of nitrogens with one attached hydrogen (secondary N) is 2. The summed E-state index contributed by atoms with van der Waals surface area (Å²) in [5, 5.41) is 12.4. The maximum atomic E-state index is 7.51. The van der Waals surface area contributed by atoms with Gasteiger partial charge in [-0.15, -0.1) is 11.3 Å². The predicted octanol–water partition coefficient (Wildman–Crippen LogP) is 4.42. The van der Waals surface area contributed by atoms with E-state index in [9.17, 15) is 0 Å². The molecule has 0 fully saturated rings. The van der Waals surface area contributed by atoms with Gasteiger partial charge in [0.2, 0.25) is 0 Å². The second-order valence-electron chi connectivity index (χ2n) is 6.70. The second kappa shape index (κ2) is 7.42. The molecule has 140 valence electrons. The van der Waals surface area contributed by atoms with E-state index >= 15 is 0 Å². The lowest BCUT2D eigenvalue weighted by Gasteiger charge is -2.21. The van der Waals surface area contributed by atoms with Crippen LogP contribution in [0.3, 0.4) is 0 Å². The van der Waals surface area contributed by atoms with Crippen LogP contribution >= 0.6 is 22.9 Å². The Morgan fingerprint density at radius 1 is 1.44 bits per heavy atom. The maximum Gasteiger partial charge on any atom is 0.142 e. The third kappa shape index (κ3) is 3.38. The smallest absolute Gasteiger partial charge is 0.142 e. The molecule has 6 nitrogen and oxygen atoms in total. The Labute approximate surface area is 166 Å². The lowest BCUT2D eigenvalue weighted by Crippen LogP contribution is -2.17. The number of nitrogens with two attached hydrogens (primary N) is 1. The van der Waals surface area contributed by atoms with E-state index in [2.05, 4.69) is 15.3 Å². The highest BCUT2D eigenvalue weighted by Gasteiger charge is 2.25. The van der Waals surface area contributed by atoms with Gasteiger partial charge in [0.25, 0.3) is 0 Å². The van der Waals surface area contributed by atoms with E-state index in [1.165, 1.54) is 16.7 Å². The quantitative estimate of drug-likeness (QED) is 0.434. The summed E-state index contributed by atoms with van der Waals surface area (Å²) in [4.78, 5) is 11.3. The lowest BCUT2D eigenvalue weighted by atomic mass is 9.88. The summed E-state index contributed by atoms with van der Waals surface area (Å²) < 4.78 is 5.34. The van der Waals surface area contributed by atoms with Crippen LogP contribution in [0.5, 0.6) is 0 Å². The van der Waals surface area contributed by atoms with Crippen molar-refractivity contribution in [3.63, 3.8) is 0 Å². The van der Waals surface area contributed by atoms with Crippen molar-refractivity contribution in [1.82, 2.24) is 9.97 Å². The molecule has 2 heterocycles. The average Bonchev–Trinajstić information content (AvgIpc) is 3.02. The first kappa shape index (κ1) is 18.2. The molecule has 0 spiro atoms. The molecule has 1 aliphatic carbocycles. The second-order valence-corrected chi connectivity index (χ2v) is 8.19. The summed E-state index contributed by atoms with van der Waals surface area (Å²) in [7, 11) is 1.76. The van der Waals surface area contributed by atoms with Gasteiger partial charge in [0, 0.05) is 36.1 Å². The van der Waals surface area contributed by atoms with Crippen LogP contribution in [-0.4, -0.2) is 29.9 Å². The molecule has 4 N–H and O–H groups in total. The number of aromatic nitrogens is 2.